The first-order valence-corrected chi connectivity index (χ1v) is 8.30. The number of aromatic amines is 1. The number of aliphatic imine (C=N–C) groups is 1. The van der Waals surface area contributed by atoms with Gasteiger partial charge >= 0.3 is 0 Å². The van der Waals surface area contributed by atoms with E-state index in [0.717, 1.165) is 33.8 Å². The maximum atomic E-state index is 13.3. The van der Waals surface area contributed by atoms with Crippen LogP contribution in [0.15, 0.2) is 96.1 Å². The fourth-order valence-corrected chi connectivity index (χ4v) is 2.81. The first-order chi connectivity index (χ1) is 12.8. The minimum atomic E-state index is -0.268. The summed E-state index contributed by atoms with van der Waals surface area (Å²) in [7, 11) is 0. The van der Waals surface area contributed by atoms with Gasteiger partial charge in [0, 0.05) is 16.7 Å². The van der Waals surface area contributed by atoms with Crippen LogP contribution >= 0.6 is 0 Å². The molecule has 1 N–H and O–H groups in total. The second-order valence-corrected chi connectivity index (χ2v) is 5.83. The van der Waals surface area contributed by atoms with E-state index in [1.54, 1.807) is 18.3 Å². The van der Waals surface area contributed by atoms with E-state index >= 15 is 0 Å². The van der Waals surface area contributed by atoms with Gasteiger partial charge in [-0.3, -0.25) is 5.10 Å². The number of rotatable bonds is 4. The third-order valence-corrected chi connectivity index (χ3v) is 4.07. The van der Waals surface area contributed by atoms with Crippen LogP contribution in [0.1, 0.15) is 11.1 Å². The second kappa shape index (κ2) is 7.15. The molecule has 26 heavy (non-hydrogen) atoms. The van der Waals surface area contributed by atoms with E-state index in [2.05, 4.69) is 10.2 Å². The lowest BCUT2D eigenvalue weighted by atomic mass is 9.99. The number of hydrogen-bond acceptors (Lipinski definition) is 2. The Labute approximate surface area is 150 Å². The van der Waals surface area contributed by atoms with Gasteiger partial charge in [-0.05, 0) is 36.4 Å². The van der Waals surface area contributed by atoms with Crippen molar-refractivity contribution in [2.24, 2.45) is 4.99 Å². The van der Waals surface area contributed by atoms with Crippen molar-refractivity contribution in [3.05, 3.63) is 108 Å². The molecule has 1 aromatic heterocycles. The molecule has 0 bridgehead atoms. The fraction of sp³-hybridized carbons (Fsp3) is 0. The quantitative estimate of drug-likeness (QED) is 0.497. The van der Waals surface area contributed by atoms with Gasteiger partial charge < -0.3 is 0 Å². The zero-order valence-corrected chi connectivity index (χ0v) is 13.9. The highest BCUT2D eigenvalue weighted by Crippen LogP contribution is 2.26. The topological polar surface area (TPSA) is 41.0 Å². The Morgan fingerprint density at radius 2 is 1.46 bits per heavy atom. The van der Waals surface area contributed by atoms with E-state index in [4.69, 9.17) is 4.99 Å². The molecule has 0 radical (unpaired) electrons. The standard InChI is InChI=1S/C22H16FN3/c23-18-13-11-17(12-14-18)22-20(15-24-26-22)21(16-7-3-1-4-8-16)25-19-9-5-2-6-10-19/h1-15H,(H,24,26). The molecule has 126 valence electrons. The molecule has 0 aliphatic carbocycles. The smallest absolute Gasteiger partial charge is 0.123 e. The van der Waals surface area contributed by atoms with Crippen molar-refractivity contribution in [3.63, 3.8) is 0 Å². The van der Waals surface area contributed by atoms with E-state index in [1.807, 2.05) is 60.7 Å². The minimum absolute atomic E-state index is 0.268. The lowest BCUT2D eigenvalue weighted by molar-refractivity contribution is 0.628. The Bertz CT molecular complexity index is 1020. The predicted octanol–water partition coefficient (Wildman–Crippen LogP) is 5.38. The fourth-order valence-electron chi connectivity index (χ4n) is 2.81. The molecule has 1 heterocycles. The Morgan fingerprint density at radius 1 is 0.808 bits per heavy atom. The van der Waals surface area contributed by atoms with Gasteiger partial charge in [-0.2, -0.15) is 5.10 Å². The maximum Gasteiger partial charge on any atom is 0.123 e. The van der Waals surface area contributed by atoms with Crippen molar-refractivity contribution >= 4 is 11.4 Å². The second-order valence-electron chi connectivity index (χ2n) is 5.83. The number of benzene rings is 3. The van der Waals surface area contributed by atoms with E-state index in [-0.39, 0.29) is 5.82 Å². The highest BCUT2D eigenvalue weighted by Gasteiger charge is 2.15. The summed E-state index contributed by atoms with van der Waals surface area (Å²) in [5, 5.41) is 7.23. The van der Waals surface area contributed by atoms with Gasteiger partial charge in [-0.25, -0.2) is 9.38 Å². The van der Waals surface area contributed by atoms with Crippen molar-refractivity contribution in [2.75, 3.05) is 0 Å². The summed E-state index contributed by atoms with van der Waals surface area (Å²) in [4.78, 5) is 4.86. The SMILES string of the molecule is Fc1ccc(-c2[nH]ncc2C(=Nc2ccccc2)c2ccccc2)cc1. The van der Waals surface area contributed by atoms with Gasteiger partial charge in [0.05, 0.1) is 23.3 Å². The molecule has 0 atom stereocenters. The summed E-state index contributed by atoms with van der Waals surface area (Å²) in [5.74, 6) is -0.268. The highest BCUT2D eigenvalue weighted by molar-refractivity contribution is 6.16. The Morgan fingerprint density at radius 3 is 2.15 bits per heavy atom. The third kappa shape index (κ3) is 3.30. The first-order valence-electron chi connectivity index (χ1n) is 8.30. The molecule has 0 fully saturated rings. The molecule has 0 aliphatic rings. The molecule has 0 saturated heterocycles. The van der Waals surface area contributed by atoms with Gasteiger partial charge in [0.1, 0.15) is 5.82 Å². The van der Waals surface area contributed by atoms with Crippen molar-refractivity contribution in [1.29, 1.82) is 0 Å². The van der Waals surface area contributed by atoms with Crippen LogP contribution in [0.2, 0.25) is 0 Å². The van der Waals surface area contributed by atoms with E-state index < -0.39 is 0 Å². The zero-order chi connectivity index (χ0) is 17.8. The van der Waals surface area contributed by atoms with Gasteiger partial charge in [-0.1, -0.05) is 48.5 Å². The summed E-state index contributed by atoms with van der Waals surface area (Å²) in [6.07, 6.45) is 1.76. The van der Waals surface area contributed by atoms with E-state index in [0.29, 0.717) is 0 Å². The average molecular weight is 341 g/mol. The lowest BCUT2D eigenvalue weighted by Gasteiger charge is -2.09. The number of halogens is 1. The molecule has 0 amide bonds. The Kier molecular flexibility index (Phi) is 4.39. The normalized spacial score (nSPS) is 11.5. The molecule has 4 heteroatoms. The van der Waals surface area contributed by atoms with Gasteiger partial charge in [0.15, 0.2) is 0 Å². The van der Waals surface area contributed by atoms with Gasteiger partial charge in [-0.15, -0.1) is 0 Å². The van der Waals surface area contributed by atoms with E-state index in [9.17, 15) is 4.39 Å². The van der Waals surface area contributed by atoms with Gasteiger partial charge in [0.2, 0.25) is 0 Å². The molecule has 0 spiro atoms. The average Bonchev–Trinajstić information content (AvgIpc) is 3.18. The minimum Gasteiger partial charge on any atom is -0.277 e. The molecule has 4 rings (SSSR count). The molecule has 4 aromatic rings. The lowest BCUT2D eigenvalue weighted by Crippen LogP contribution is -2.03. The first kappa shape index (κ1) is 16.0. The number of nitrogens with zero attached hydrogens (tertiary/aromatic N) is 2. The maximum absolute atomic E-state index is 13.3. The highest BCUT2D eigenvalue weighted by atomic mass is 19.1. The number of nitrogens with one attached hydrogen (secondary N) is 1. The summed E-state index contributed by atoms with van der Waals surface area (Å²) < 4.78 is 13.3. The molecule has 3 nitrogen and oxygen atoms in total. The van der Waals surface area contributed by atoms with Crippen LogP contribution in [0.5, 0.6) is 0 Å². The summed E-state index contributed by atoms with van der Waals surface area (Å²) in [6.45, 7) is 0. The monoisotopic (exact) mass is 341 g/mol. The Hall–Kier alpha value is -3.53. The van der Waals surface area contributed by atoms with Crippen molar-refractivity contribution in [3.8, 4) is 11.3 Å². The van der Waals surface area contributed by atoms with Crippen LogP contribution in [0.3, 0.4) is 0 Å². The van der Waals surface area contributed by atoms with E-state index in [1.165, 1.54) is 12.1 Å². The molecule has 0 saturated carbocycles. The zero-order valence-electron chi connectivity index (χ0n) is 13.9. The van der Waals surface area contributed by atoms with Crippen LogP contribution in [0.4, 0.5) is 10.1 Å². The predicted molar refractivity (Wildman–Crippen MR) is 102 cm³/mol. The number of hydrogen-bond donors (Lipinski definition) is 1. The molecule has 3 aromatic carbocycles. The van der Waals surface area contributed by atoms with Crippen LogP contribution in [-0.4, -0.2) is 15.9 Å². The van der Waals surface area contributed by atoms with Gasteiger partial charge in [0.25, 0.3) is 0 Å². The van der Waals surface area contributed by atoms with Crippen LogP contribution in [-0.2, 0) is 0 Å². The summed E-state index contributed by atoms with van der Waals surface area (Å²) in [6, 6.07) is 26.1. The van der Waals surface area contributed by atoms with Crippen LogP contribution in [0, 0.1) is 5.82 Å². The number of H-pyrrole nitrogens is 1. The largest absolute Gasteiger partial charge is 0.277 e. The van der Waals surface area contributed by atoms with Crippen LogP contribution in [0.25, 0.3) is 11.3 Å². The summed E-state index contributed by atoms with van der Waals surface area (Å²) >= 11 is 0. The van der Waals surface area contributed by atoms with Crippen molar-refractivity contribution in [2.45, 2.75) is 0 Å². The number of aromatic nitrogens is 2. The number of para-hydroxylation sites is 1. The summed E-state index contributed by atoms with van der Waals surface area (Å²) in [5.41, 5.74) is 5.19. The third-order valence-electron chi connectivity index (χ3n) is 4.07. The molecule has 0 aliphatic heterocycles. The van der Waals surface area contributed by atoms with Crippen molar-refractivity contribution < 1.29 is 4.39 Å². The molecule has 0 unspecified atom stereocenters. The van der Waals surface area contributed by atoms with Crippen molar-refractivity contribution in [1.82, 2.24) is 10.2 Å². The molecular weight excluding hydrogens is 325 g/mol. The van der Waals surface area contributed by atoms with Crippen LogP contribution < -0.4 is 0 Å². The molecular formula is C22H16FN3. The Balaban J connectivity index is 1.87.